The number of benzene rings is 1. The molecule has 1 aromatic carbocycles. The lowest BCUT2D eigenvalue weighted by atomic mass is 9.91. The number of ether oxygens (including phenoxy) is 1. The van der Waals surface area contributed by atoms with Gasteiger partial charge in [-0.1, -0.05) is 13.0 Å². The Labute approximate surface area is 99.9 Å². The molecule has 0 aliphatic carbocycles. The van der Waals surface area contributed by atoms with Crippen molar-refractivity contribution in [2.45, 2.75) is 32.2 Å². The van der Waals surface area contributed by atoms with Crippen molar-refractivity contribution in [3.63, 3.8) is 0 Å². The molecule has 0 saturated heterocycles. The topological polar surface area (TPSA) is 35.2 Å². The van der Waals surface area contributed by atoms with Gasteiger partial charge in [-0.3, -0.25) is 0 Å². The molecule has 0 bridgehead atoms. The van der Waals surface area contributed by atoms with E-state index in [9.17, 15) is 0 Å². The van der Waals surface area contributed by atoms with Gasteiger partial charge in [0.25, 0.3) is 0 Å². The fourth-order valence-electron chi connectivity index (χ4n) is 1.41. The van der Waals surface area contributed by atoms with Crippen LogP contribution in [-0.4, -0.2) is 12.6 Å². The molecule has 0 radical (unpaired) electrons. The van der Waals surface area contributed by atoms with E-state index >= 15 is 0 Å². The highest BCUT2D eigenvalue weighted by molar-refractivity contribution is 9.10. The van der Waals surface area contributed by atoms with E-state index in [1.807, 2.05) is 6.07 Å². The Morgan fingerprint density at radius 2 is 2.13 bits per heavy atom. The molecule has 84 valence electrons. The van der Waals surface area contributed by atoms with Crippen molar-refractivity contribution in [2.75, 3.05) is 7.11 Å². The van der Waals surface area contributed by atoms with Crippen LogP contribution in [0.4, 0.5) is 0 Å². The summed E-state index contributed by atoms with van der Waals surface area (Å²) in [5, 5.41) is 0. The Morgan fingerprint density at radius 1 is 1.47 bits per heavy atom. The van der Waals surface area contributed by atoms with Gasteiger partial charge in [-0.25, -0.2) is 0 Å². The van der Waals surface area contributed by atoms with Crippen molar-refractivity contribution in [1.82, 2.24) is 0 Å². The van der Waals surface area contributed by atoms with Gasteiger partial charge in [-0.05, 0) is 53.4 Å². The number of methoxy groups -OCH3 is 1. The molecule has 0 aromatic heterocycles. The summed E-state index contributed by atoms with van der Waals surface area (Å²) in [6.07, 6.45) is 1.85. The second-order valence-corrected chi connectivity index (χ2v) is 5.01. The molecule has 3 heteroatoms. The largest absolute Gasteiger partial charge is 0.496 e. The maximum atomic E-state index is 6.12. The van der Waals surface area contributed by atoms with Crippen molar-refractivity contribution >= 4 is 15.9 Å². The quantitative estimate of drug-likeness (QED) is 0.914. The fraction of sp³-hybridized carbons (Fsp3) is 0.500. The summed E-state index contributed by atoms with van der Waals surface area (Å²) >= 11 is 3.47. The lowest BCUT2D eigenvalue weighted by Crippen LogP contribution is -2.37. The standard InChI is InChI=1S/C12H18BrNO/c1-4-12(2,14)8-9-5-6-11(15-3)10(13)7-9/h5-7H,4,8,14H2,1-3H3. The van der Waals surface area contributed by atoms with Gasteiger partial charge in [0.2, 0.25) is 0 Å². The van der Waals surface area contributed by atoms with Crippen molar-refractivity contribution in [3.05, 3.63) is 28.2 Å². The second-order valence-electron chi connectivity index (χ2n) is 4.15. The van der Waals surface area contributed by atoms with Gasteiger partial charge in [0.15, 0.2) is 0 Å². The Balaban J connectivity index is 2.84. The summed E-state index contributed by atoms with van der Waals surface area (Å²) in [7, 11) is 1.67. The van der Waals surface area contributed by atoms with Gasteiger partial charge in [0.1, 0.15) is 5.75 Å². The molecule has 0 saturated carbocycles. The molecule has 1 aromatic rings. The number of hydrogen-bond acceptors (Lipinski definition) is 2. The minimum atomic E-state index is -0.131. The SMILES string of the molecule is CCC(C)(N)Cc1ccc(OC)c(Br)c1. The maximum Gasteiger partial charge on any atom is 0.133 e. The maximum absolute atomic E-state index is 6.12. The summed E-state index contributed by atoms with van der Waals surface area (Å²) in [5.74, 6) is 0.856. The minimum Gasteiger partial charge on any atom is -0.496 e. The van der Waals surface area contributed by atoms with Crippen LogP contribution in [0.3, 0.4) is 0 Å². The van der Waals surface area contributed by atoms with Crippen molar-refractivity contribution in [2.24, 2.45) is 5.73 Å². The highest BCUT2D eigenvalue weighted by Gasteiger charge is 2.16. The Hall–Kier alpha value is -0.540. The molecule has 0 aliphatic rings. The Bertz CT molecular complexity index is 336. The van der Waals surface area contributed by atoms with Crippen LogP contribution >= 0.6 is 15.9 Å². The van der Waals surface area contributed by atoms with E-state index in [0.717, 1.165) is 23.1 Å². The molecule has 0 fully saturated rings. The molecule has 15 heavy (non-hydrogen) atoms. The smallest absolute Gasteiger partial charge is 0.133 e. The van der Waals surface area contributed by atoms with Crippen LogP contribution in [0.1, 0.15) is 25.8 Å². The van der Waals surface area contributed by atoms with E-state index in [4.69, 9.17) is 10.5 Å². The van der Waals surface area contributed by atoms with Crippen LogP contribution in [0.2, 0.25) is 0 Å². The molecule has 0 spiro atoms. The van der Waals surface area contributed by atoms with Crippen LogP contribution < -0.4 is 10.5 Å². The van der Waals surface area contributed by atoms with E-state index in [1.54, 1.807) is 7.11 Å². The van der Waals surface area contributed by atoms with Gasteiger partial charge >= 0.3 is 0 Å². The zero-order valence-electron chi connectivity index (χ0n) is 9.51. The van der Waals surface area contributed by atoms with E-state index in [2.05, 4.69) is 41.9 Å². The first kappa shape index (κ1) is 12.5. The number of halogens is 1. The first-order chi connectivity index (χ1) is 6.98. The number of rotatable bonds is 4. The zero-order valence-corrected chi connectivity index (χ0v) is 11.1. The number of hydrogen-bond donors (Lipinski definition) is 1. The van der Waals surface area contributed by atoms with Gasteiger partial charge < -0.3 is 10.5 Å². The average Bonchev–Trinajstić information content (AvgIpc) is 2.17. The molecule has 0 heterocycles. The van der Waals surface area contributed by atoms with Crippen LogP contribution in [0.15, 0.2) is 22.7 Å². The molecule has 1 unspecified atom stereocenters. The molecule has 0 aliphatic heterocycles. The number of nitrogens with two attached hydrogens (primary N) is 1. The third-order valence-corrected chi connectivity index (χ3v) is 3.25. The molecule has 1 atom stereocenters. The average molecular weight is 272 g/mol. The first-order valence-electron chi connectivity index (χ1n) is 5.10. The predicted molar refractivity (Wildman–Crippen MR) is 67.3 cm³/mol. The summed E-state index contributed by atoms with van der Waals surface area (Å²) < 4.78 is 6.16. The van der Waals surface area contributed by atoms with E-state index < -0.39 is 0 Å². The lowest BCUT2D eigenvalue weighted by Gasteiger charge is -2.22. The Kier molecular flexibility index (Phi) is 4.17. The van der Waals surface area contributed by atoms with Crippen molar-refractivity contribution in [1.29, 1.82) is 0 Å². The third-order valence-electron chi connectivity index (χ3n) is 2.63. The lowest BCUT2D eigenvalue weighted by molar-refractivity contribution is 0.411. The molecule has 2 nitrogen and oxygen atoms in total. The molecular weight excluding hydrogens is 254 g/mol. The third kappa shape index (κ3) is 3.50. The highest BCUT2D eigenvalue weighted by atomic mass is 79.9. The molecular formula is C12H18BrNO. The molecule has 1 rings (SSSR count). The van der Waals surface area contributed by atoms with Crippen molar-refractivity contribution < 1.29 is 4.74 Å². The summed E-state index contributed by atoms with van der Waals surface area (Å²) in [4.78, 5) is 0. The predicted octanol–water partition coefficient (Wildman–Crippen LogP) is 3.13. The van der Waals surface area contributed by atoms with Crippen LogP contribution in [0.5, 0.6) is 5.75 Å². The Morgan fingerprint density at radius 3 is 2.60 bits per heavy atom. The zero-order chi connectivity index (χ0) is 11.5. The summed E-state index contributed by atoms with van der Waals surface area (Å²) in [6.45, 7) is 4.18. The first-order valence-corrected chi connectivity index (χ1v) is 5.89. The van der Waals surface area contributed by atoms with E-state index in [1.165, 1.54) is 5.56 Å². The van der Waals surface area contributed by atoms with Crippen molar-refractivity contribution in [3.8, 4) is 5.75 Å². The van der Waals surface area contributed by atoms with Gasteiger partial charge in [0.05, 0.1) is 11.6 Å². The minimum absolute atomic E-state index is 0.131. The normalized spacial score (nSPS) is 14.7. The summed E-state index contributed by atoms with van der Waals surface area (Å²) in [5.41, 5.74) is 7.22. The van der Waals surface area contributed by atoms with Gasteiger partial charge in [-0.15, -0.1) is 0 Å². The van der Waals surface area contributed by atoms with Gasteiger partial charge in [0, 0.05) is 5.54 Å². The van der Waals surface area contributed by atoms with Crippen LogP contribution in [-0.2, 0) is 6.42 Å². The highest BCUT2D eigenvalue weighted by Crippen LogP contribution is 2.27. The second kappa shape index (κ2) is 4.99. The van der Waals surface area contributed by atoms with E-state index in [-0.39, 0.29) is 5.54 Å². The fourth-order valence-corrected chi connectivity index (χ4v) is 2.00. The van der Waals surface area contributed by atoms with Crippen LogP contribution in [0.25, 0.3) is 0 Å². The van der Waals surface area contributed by atoms with Crippen LogP contribution in [0, 0.1) is 0 Å². The van der Waals surface area contributed by atoms with E-state index in [0.29, 0.717) is 0 Å². The molecule has 0 amide bonds. The summed E-state index contributed by atoms with van der Waals surface area (Å²) in [6, 6.07) is 6.09. The molecule has 2 N–H and O–H groups in total. The monoisotopic (exact) mass is 271 g/mol. The van der Waals surface area contributed by atoms with Gasteiger partial charge in [-0.2, -0.15) is 0 Å².